The molecule has 0 saturated heterocycles. The Morgan fingerprint density at radius 3 is 2.82 bits per heavy atom. The Labute approximate surface area is 97.5 Å². The van der Waals surface area contributed by atoms with E-state index in [1.807, 2.05) is 0 Å². The number of aromatic amines is 1. The minimum absolute atomic E-state index is 0.329. The summed E-state index contributed by atoms with van der Waals surface area (Å²) in [6.07, 6.45) is -4.40. The first-order valence-electron chi connectivity index (χ1n) is 4.50. The quantitative estimate of drug-likeness (QED) is 0.647. The number of nitrogens with zero attached hydrogens (tertiary/aromatic N) is 3. The molecule has 1 atom stereocenters. The van der Waals surface area contributed by atoms with E-state index in [-0.39, 0.29) is 0 Å². The van der Waals surface area contributed by atoms with Crippen LogP contribution in [0.4, 0.5) is 13.2 Å². The molecule has 9 heteroatoms. The highest BCUT2D eigenvalue weighted by atomic mass is 32.2. The summed E-state index contributed by atoms with van der Waals surface area (Å²) in [4.78, 5) is 14.2. The third-order valence-electron chi connectivity index (χ3n) is 1.94. The minimum atomic E-state index is -4.62. The number of alkyl halides is 3. The summed E-state index contributed by atoms with van der Waals surface area (Å²) < 4.78 is 36.3. The van der Waals surface area contributed by atoms with Gasteiger partial charge in [-0.15, -0.1) is 11.8 Å². The van der Waals surface area contributed by atoms with Crippen molar-refractivity contribution in [3.63, 3.8) is 0 Å². The number of halogens is 3. The Hall–Kier alpha value is -1.35. The second-order valence-corrected chi connectivity index (χ2v) is 4.16. The number of thioether (sulfide) groups is 1. The molecular formula is C8H7F3N4OS. The van der Waals surface area contributed by atoms with Crippen LogP contribution in [0.15, 0.2) is 17.7 Å². The van der Waals surface area contributed by atoms with Gasteiger partial charge in [-0.3, -0.25) is 0 Å². The first-order valence-corrected chi connectivity index (χ1v) is 5.48. The molecule has 0 aliphatic rings. The number of hydrogen-bond donors (Lipinski definition) is 2. The summed E-state index contributed by atoms with van der Waals surface area (Å²) in [5.41, 5.74) is 0.843. The summed E-state index contributed by atoms with van der Waals surface area (Å²) in [6, 6.07) is 0. The molecule has 2 aromatic rings. The van der Waals surface area contributed by atoms with Gasteiger partial charge in [-0.25, -0.2) is 15.0 Å². The van der Waals surface area contributed by atoms with Crippen LogP contribution in [-0.2, 0) is 0 Å². The molecule has 0 amide bonds. The van der Waals surface area contributed by atoms with Crippen LogP contribution in [0.2, 0.25) is 0 Å². The molecule has 0 saturated carbocycles. The fraction of sp³-hybridized carbons (Fsp3) is 0.375. The summed E-state index contributed by atoms with van der Waals surface area (Å²) in [7, 11) is 0. The summed E-state index contributed by atoms with van der Waals surface area (Å²) in [5, 5.41) is 9.18. The van der Waals surface area contributed by atoms with E-state index >= 15 is 0 Å². The van der Waals surface area contributed by atoms with E-state index in [2.05, 4.69) is 19.9 Å². The van der Waals surface area contributed by atoms with Gasteiger partial charge in [0.05, 0.1) is 6.33 Å². The largest absolute Gasteiger partial charge is 0.415 e. The van der Waals surface area contributed by atoms with Crippen molar-refractivity contribution < 1.29 is 18.3 Å². The van der Waals surface area contributed by atoms with E-state index in [9.17, 15) is 13.2 Å². The fourth-order valence-corrected chi connectivity index (χ4v) is 2.03. The highest BCUT2D eigenvalue weighted by Gasteiger charge is 2.38. The number of fused-ring (bicyclic) bond motifs is 1. The molecule has 0 aliphatic carbocycles. The molecule has 2 N–H and O–H groups in total. The number of aromatic nitrogens is 4. The molecule has 2 rings (SSSR count). The summed E-state index contributed by atoms with van der Waals surface area (Å²) in [5.74, 6) is -0.519. The van der Waals surface area contributed by atoms with Gasteiger partial charge in [-0.2, -0.15) is 13.2 Å². The van der Waals surface area contributed by atoms with Gasteiger partial charge in [0.1, 0.15) is 16.9 Å². The molecule has 17 heavy (non-hydrogen) atoms. The van der Waals surface area contributed by atoms with Crippen LogP contribution in [0.3, 0.4) is 0 Å². The number of aliphatic hydroxyl groups is 1. The van der Waals surface area contributed by atoms with Crippen molar-refractivity contribution in [3.8, 4) is 0 Å². The second-order valence-electron chi connectivity index (χ2n) is 3.15. The standard InChI is InChI=1S/C8H7F3N4OS/c9-8(10,11)4(16)1-17-7-5-6(13-2-12-5)14-3-15-7/h2-4,16H,1H2,(H,12,13,14,15). The number of aliphatic hydroxyl groups excluding tert-OH is 1. The monoisotopic (exact) mass is 264 g/mol. The number of nitrogens with one attached hydrogen (secondary N) is 1. The smallest absolute Gasteiger partial charge is 0.383 e. The molecule has 0 spiro atoms. The molecule has 0 fully saturated rings. The zero-order chi connectivity index (χ0) is 12.5. The average molecular weight is 264 g/mol. The number of hydrogen-bond acceptors (Lipinski definition) is 5. The van der Waals surface area contributed by atoms with Crippen LogP contribution in [0, 0.1) is 0 Å². The predicted molar refractivity (Wildman–Crippen MR) is 54.5 cm³/mol. The molecular weight excluding hydrogens is 257 g/mol. The lowest BCUT2D eigenvalue weighted by Gasteiger charge is -2.13. The van der Waals surface area contributed by atoms with Crippen molar-refractivity contribution in [2.24, 2.45) is 0 Å². The van der Waals surface area contributed by atoms with Crippen molar-refractivity contribution >= 4 is 22.9 Å². The predicted octanol–water partition coefficient (Wildman–Crippen LogP) is 1.37. The third-order valence-corrected chi connectivity index (χ3v) is 3.01. The lowest BCUT2D eigenvalue weighted by atomic mass is 10.4. The minimum Gasteiger partial charge on any atom is -0.383 e. The number of rotatable bonds is 3. The Morgan fingerprint density at radius 1 is 1.35 bits per heavy atom. The van der Waals surface area contributed by atoms with E-state index in [1.54, 1.807) is 0 Å². The molecule has 0 aromatic carbocycles. The van der Waals surface area contributed by atoms with E-state index in [0.717, 1.165) is 11.8 Å². The van der Waals surface area contributed by atoms with Crippen molar-refractivity contribution in [1.82, 2.24) is 19.9 Å². The van der Waals surface area contributed by atoms with E-state index in [0.29, 0.717) is 16.2 Å². The molecule has 0 aliphatic heterocycles. The van der Waals surface area contributed by atoms with Gasteiger partial charge < -0.3 is 10.1 Å². The van der Waals surface area contributed by atoms with Crippen molar-refractivity contribution in [1.29, 1.82) is 0 Å². The Morgan fingerprint density at radius 2 is 2.12 bits per heavy atom. The van der Waals surface area contributed by atoms with Crippen LogP contribution >= 0.6 is 11.8 Å². The summed E-state index contributed by atoms with van der Waals surface area (Å²) >= 11 is 0.797. The maximum atomic E-state index is 12.1. The highest BCUT2D eigenvalue weighted by molar-refractivity contribution is 7.99. The average Bonchev–Trinajstić information content (AvgIpc) is 2.72. The second kappa shape index (κ2) is 4.49. The van der Waals surface area contributed by atoms with Crippen LogP contribution in [0.1, 0.15) is 0 Å². The van der Waals surface area contributed by atoms with E-state index < -0.39 is 18.0 Å². The van der Waals surface area contributed by atoms with Gasteiger partial charge in [0.25, 0.3) is 0 Å². The fourth-order valence-electron chi connectivity index (χ4n) is 1.10. The van der Waals surface area contributed by atoms with Crippen molar-refractivity contribution in [2.45, 2.75) is 17.3 Å². The van der Waals surface area contributed by atoms with Gasteiger partial charge in [0.15, 0.2) is 11.8 Å². The molecule has 0 bridgehead atoms. The highest BCUT2D eigenvalue weighted by Crippen LogP contribution is 2.27. The Kier molecular flexibility index (Phi) is 3.20. The zero-order valence-electron chi connectivity index (χ0n) is 8.27. The molecule has 92 valence electrons. The normalized spacial score (nSPS) is 14.1. The molecule has 0 radical (unpaired) electrons. The van der Waals surface area contributed by atoms with Crippen molar-refractivity contribution in [2.75, 3.05) is 5.75 Å². The van der Waals surface area contributed by atoms with Gasteiger partial charge in [0.2, 0.25) is 0 Å². The van der Waals surface area contributed by atoms with Gasteiger partial charge >= 0.3 is 6.18 Å². The third kappa shape index (κ3) is 2.67. The van der Waals surface area contributed by atoms with Crippen LogP contribution in [0.25, 0.3) is 11.2 Å². The van der Waals surface area contributed by atoms with Gasteiger partial charge in [-0.1, -0.05) is 0 Å². The van der Waals surface area contributed by atoms with E-state index in [4.69, 9.17) is 5.11 Å². The SMILES string of the molecule is OC(CSc1ncnc2nc[nH]c12)C(F)(F)F. The first kappa shape index (κ1) is 12.1. The topological polar surface area (TPSA) is 74.7 Å². The maximum Gasteiger partial charge on any atom is 0.415 e. The summed E-state index contributed by atoms with van der Waals surface area (Å²) in [6.45, 7) is 0. The lowest BCUT2D eigenvalue weighted by Crippen LogP contribution is -2.30. The molecule has 5 nitrogen and oxygen atoms in total. The van der Waals surface area contributed by atoms with Gasteiger partial charge in [0, 0.05) is 5.75 Å². The van der Waals surface area contributed by atoms with Gasteiger partial charge in [-0.05, 0) is 0 Å². The Balaban J connectivity index is 2.12. The maximum absolute atomic E-state index is 12.1. The van der Waals surface area contributed by atoms with Crippen LogP contribution in [0.5, 0.6) is 0 Å². The van der Waals surface area contributed by atoms with E-state index in [1.165, 1.54) is 12.7 Å². The van der Waals surface area contributed by atoms with Crippen LogP contribution < -0.4 is 0 Å². The molecule has 2 heterocycles. The van der Waals surface area contributed by atoms with Crippen molar-refractivity contribution in [3.05, 3.63) is 12.7 Å². The zero-order valence-corrected chi connectivity index (χ0v) is 9.09. The lowest BCUT2D eigenvalue weighted by molar-refractivity contribution is -0.195. The Bertz CT molecular complexity index is 515. The number of imidazole rings is 1. The first-order chi connectivity index (χ1) is 7.98. The van der Waals surface area contributed by atoms with Crippen LogP contribution in [-0.4, -0.2) is 43.1 Å². The molecule has 2 aromatic heterocycles. The number of H-pyrrole nitrogens is 1. The molecule has 1 unspecified atom stereocenters.